The van der Waals surface area contributed by atoms with Crippen LogP contribution in [0.25, 0.3) is 0 Å². The van der Waals surface area contributed by atoms with Gasteiger partial charge in [-0.25, -0.2) is 8.42 Å². The summed E-state index contributed by atoms with van der Waals surface area (Å²) in [7, 11) is -1.99. The maximum Gasteiger partial charge on any atom is 0.243 e. The highest BCUT2D eigenvalue weighted by Crippen LogP contribution is 2.26. The van der Waals surface area contributed by atoms with Gasteiger partial charge in [-0.2, -0.15) is 0 Å². The lowest BCUT2D eigenvalue weighted by Crippen LogP contribution is -2.48. The number of carbonyl (C=O) groups is 1. The average Bonchev–Trinajstić information content (AvgIpc) is 2.67. The van der Waals surface area contributed by atoms with E-state index in [-0.39, 0.29) is 5.91 Å². The summed E-state index contributed by atoms with van der Waals surface area (Å²) in [5.41, 5.74) is 3.40. The third-order valence-electron chi connectivity index (χ3n) is 4.77. The molecule has 158 valence electrons. The predicted octanol–water partition coefficient (Wildman–Crippen LogP) is 3.22. The topological polar surface area (TPSA) is 75.7 Å². The van der Waals surface area contributed by atoms with Crippen LogP contribution in [0.15, 0.2) is 42.5 Å². The fraction of sp³-hybridized carbons (Fsp3) is 0.409. The Balaban J connectivity index is 2.03. The molecule has 29 heavy (non-hydrogen) atoms. The first kappa shape index (κ1) is 22.7. The van der Waals surface area contributed by atoms with Crippen LogP contribution in [0.5, 0.6) is 5.75 Å². The minimum atomic E-state index is -3.62. The number of amides is 1. The number of ether oxygens (including phenoxy) is 1. The number of methoxy groups -OCH3 is 1. The summed E-state index contributed by atoms with van der Waals surface area (Å²) < 4.78 is 31.3. The maximum atomic E-state index is 12.7. The van der Waals surface area contributed by atoms with Crippen LogP contribution in [0.3, 0.4) is 0 Å². The van der Waals surface area contributed by atoms with E-state index < -0.39 is 16.1 Å². The molecule has 0 spiro atoms. The number of hydrogen-bond acceptors (Lipinski definition) is 4. The van der Waals surface area contributed by atoms with E-state index in [2.05, 4.69) is 5.32 Å². The Morgan fingerprint density at radius 3 is 2.55 bits per heavy atom. The summed E-state index contributed by atoms with van der Waals surface area (Å²) in [5, 5.41) is 2.86. The van der Waals surface area contributed by atoms with Crippen LogP contribution in [0.1, 0.15) is 30.0 Å². The molecule has 0 saturated heterocycles. The molecule has 0 aliphatic carbocycles. The molecule has 0 heterocycles. The van der Waals surface area contributed by atoms with Crippen molar-refractivity contribution in [3.8, 4) is 5.75 Å². The van der Waals surface area contributed by atoms with Gasteiger partial charge in [0, 0.05) is 6.54 Å². The van der Waals surface area contributed by atoms with Crippen LogP contribution >= 0.6 is 0 Å². The van der Waals surface area contributed by atoms with Crippen molar-refractivity contribution in [2.75, 3.05) is 24.2 Å². The SMILES string of the molecule is COc1cccc(CCCNC(=O)[C@H](C)N(c2cc(C)ccc2C)S(C)(=O)=O)c1. The molecule has 1 N–H and O–H groups in total. The van der Waals surface area contributed by atoms with Gasteiger partial charge in [-0.3, -0.25) is 9.10 Å². The number of benzene rings is 2. The van der Waals surface area contributed by atoms with Crippen LogP contribution in [-0.2, 0) is 21.2 Å². The van der Waals surface area contributed by atoms with E-state index in [1.807, 2.05) is 50.2 Å². The monoisotopic (exact) mass is 418 g/mol. The summed E-state index contributed by atoms with van der Waals surface area (Å²) in [6.07, 6.45) is 2.66. The van der Waals surface area contributed by atoms with Gasteiger partial charge in [0.2, 0.25) is 15.9 Å². The Bertz CT molecular complexity index is 957. The molecule has 1 atom stereocenters. The van der Waals surface area contributed by atoms with Gasteiger partial charge in [0.25, 0.3) is 0 Å². The van der Waals surface area contributed by atoms with Crippen LogP contribution in [-0.4, -0.2) is 40.3 Å². The lowest BCUT2D eigenvalue weighted by molar-refractivity contribution is -0.121. The lowest BCUT2D eigenvalue weighted by atomic mass is 10.1. The summed E-state index contributed by atoms with van der Waals surface area (Å²) in [6, 6.07) is 12.5. The first-order valence-electron chi connectivity index (χ1n) is 9.60. The van der Waals surface area contributed by atoms with Gasteiger partial charge in [-0.1, -0.05) is 24.3 Å². The Kier molecular flexibility index (Phi) is 7.67. The second kappa shape index (κ2) is 9.78. The number of hydrogen-bond donors (Lipinski definition) is 1. The molecule has 2 aromatic carbocycles. The van der Waals surface area contributed by atoms with E-state index in [0.29, 0.717) is 12.2 Å². The summed E-state index contributed by atoms with van der Waals surface area (Å²) >= 11 is 0. The van der Waals surface area contributed by atoms with Crippen molar-refractivity contribution in [3.05, 3.63) is 59.2 Å². The molecule has 0 saturated carbocycles. The van der Waals surface area contributed by atoms with Crippen molar-refractivity contribution in [1.29, 1.82) is 0 Å². The number of rotatable bonds is 9. The molecule has 2 rings (SSSR count). The number of nitrogens with zero attached hydrogens (tertiary/aromatic N) is 1. The minimum absolute atomic E-state index is 0.318. The number of carbonyl (C=O) groups excluding carboxylic acids is 1. The van der Waals surface area contributed by atoms with Gasteiger partial charge in [-0.15, -0.1) is 0 Å². The molecule has 7 heteroatoms. The number of sulfonamides is 1. The first-order chi connectivity index (χ1) is 13.6. The Labute approximate surface area is 173 Å². The minimum Gasteiger partial charge on any atom is -0.497 e. The van der Waals surface area contributed by atoms with Crippen molar-refractivity contribution in [1.82, 2.24) is 5.32 Å². The largest absolute Gasteiger partial charge is 0.497 e. The Morgan fingerprint density at radius 2 is 1.90 bits per heavy atom. The zero-order valence-corrected chi connectivity index (χ0v) is 18.5. The summed E-state index contributed by atoms with van der Waals surface area (Å²) in [6.45, 7) is 5.81. The normalized spacial score (nSPS) is 12.3. The molecule has 1 amide bonds. The van der Waals surface area contributed by atoms with Gasteiger partial charge < -0.3 is 10.1 Å². The van der Waals surface area contributed by atoms with Gasteiger partial charge in [0.1, 0.15) is 11.8 Å². The number of nitrogens with one attached hydrogen (secondary N) is 1. The second-order valence-corrected chi connectivity index (χ2v) is 9.13. The molecule has 0 radical (unpaired) electrons. The Hall–Kier alpha value is -2.54. The quantitative estimate of drug-likeness (QED) is 0.635. The molecule has 0 aromatic heterocycles. The molecule has 6 nitrogen and oxygen atoms in total. The zero-order chi connectivity index (χ0) is 21.6. The second-order valence-electron chi connectivity index (χ2n) is 7.27. The van der Waals surface area contributed by atoms with Crippen LogP contribution in [0, 0.1) is 13.8 Å². The number of anilines is 1. The van der Waals surface area contributed by atoms with Crippen molar-refractivity contribution >= 4 is 21.6 Å². The van der Waals surface area contributed by atoms with E-state index in [0.717, 1.165) is 41.5 Å². The van der Waals surface area contributed by atoms with E-state index in [4.69, 9.17) is 4.74 Å². The van der Waals surface area contributed by atoms with Crippen LogP contribution < -0.4 is 14.4 Å². The predicted molar refractivity (Wildman–Crippen MR) is 117 cm³/mol. The smallest absolute Gasteiger partial charge is 0.243 e. The summed E-state index contributed by atoms with van der Waals surface area (Å²) in [5.74, 6) is 0.486. The van der Waals surface area contributed by atoms with Crippen LogP contribution in [0.2, 0.25) is 0 Å². The number of aryl methyl sites for hydroxylation is 3. The van der Waals surface area contributed by atoms with E-state index in [1.165, 1.54) is 4.31 Å². The zero-order valence-electron chi connectivity index (χ0n) is 17.7. The van der Waals surface area contributed by atoms with Crippen molar-refractivity contribution in [2.45, 2.75) is 39.7 Å². The average molecular weight is 419 g/mol. The molecule has 0 aliphatic rings. The third-order valence-corrected chi connectivity index (χ3v) is 5.99. The molecule has 0 aliphatic heterocycles. The molecule has 0 fully saturated rings. The van der Waals surface area contributed by atoms with Crippen molar-refractivity contribution < 1.29 is 17.9 Å². The van der Waals surface area contributed by atoms with Gasteiger partial charge >= 0.3 is 0 Å². The highest BCUT2D eigenvalue weighted by molar-refractivity contribution is 7.92. The fourth-order valence-electron chi connectivity index (χ4n) is 3.22. The highest BCUT2D eigenvalue weighted by atomic mass is 32.2. The molecular weight excluding hydrogens is 388 g/mol. The lowest BCUT2D eigenvalue weighted by Gasteiger charge is -2.29. The van der Waals surface area contributed by atoms with E-state index in [1.54, 1.807) is 20.1 Å². The van der Waals surface area contributed by atoms with Crippen LogP contribution in [0.4, 0.5) is 5.69 Å². The molecule has 0 unspecified atom stereocenters. The van der Waals surface area contributed by atoms with Gasteiger partial charge in [-0.05, 0) is 68.5 Å². The van der Waals surface area contributed by atoms with Crippen molar-refractivity contribution in [3.63, 3.8) is 0 Å². The van der Waals surface area contributed by atoms with E-state index >= 15 is 0 Å². The maximum absolute atomic E-state index is 12.7. The Morgan fingerprint density at radius 1 is 1.17 bits per heavy atom. The van der Waals surface area contributed by atoms with E-state index in [9.17, 15) is 13.2 Å². The molecule has 0 bridgehead atoms. The standard InChI is InChI=1S/C22H30N2O4S/c1-16-11-12-17(2)21(14-16)24(29(5,26)27)18(3)22(25)23-13-7-9-19-8-6-10-20(15-19)28-4/h6,8,10-12,14-15,18H,7,9,13H2,1-5H3,(H,23,25)/t18-/m0/s1. The third kappa shape index (κ3) is 6.22. The van der Waals surface area contributed by atoms with Gasteiger partial charge in [0.15, 0.2) is 0 Å². The molecule has 2 aromatic rings. The van der Waals surface area contributed by atoms with Crippen molar-refractivity contribution in [2.24, 2.45) is 0 Å². The molecular formula is C22H30N2O4S. The fourth-order valence-corrected chi connectivity index (χ4v) is 4.44. The van der Waals surface area contributed by atoms with Gasteiger partial charge in [0.05, 0.1) is 19.1 Å². The highest BCUT2D eigenvalue weighted by Gasteiger charge is 2.29. The first-order valence-corrected chi connectivity index (χ1v) is 11.5. The summed E-state index contributed by atoms with van der Waals surface area (Å²) in [4.78, 5) is 12.7.